The van der Waals surface area contributed by atoms with Crippen molar-refractivity contribution in [1.29, 1.82) is 0 Å². The lowest BCUT2D eigenvalue weighted by atomic mass is 9.77. The standard InChI is InChI=1S/C22H22F5N3O4/c1-9-13(7-8-29-16(9)19(28)31)30-20(32)18-14(10(2)21(3,34-18)22(25,26)27)11-5-6-12(23)15(24)17(11)33-4/h5-8,10,14,18H,1-4H3,(H2,28,31)(H,29,30,32)/t10-,14-,18-,21+/m0/s1. The number of anilines is 1. The first-order valence-electron chi connectivity index (χ1n) is 10.1. The lowest BCUT2D eigenvalue weighted by Crippen LogP contribution is -2.47. The van der Waals surface area contributed by atoms with Crippen molar-refractivity contribution in [2.24, 2.45) is 11.7 Å². The van der Waals surface area contributed by atoms with Gasteiger partial charge in [0.25, 0.3) is 11.8 Å². The van der Waals surface area contributed by atoms with Gasteiger partial charge in [0, 0.05) is 34.8 Å². The molecule has 3 N–H and O–H groups in total. The van der Waals surface area contributed by atoms with Gasteiger partial charge in [0.15, 0.2) is 17.2 Å². The second-order valence-corrected chi connectivity index (χ2v) is 8.13. The number of pyridine rings is 1. The molecule has 34 heavy (non-hydrogen) atoms. The molecule has 12 heteroatoms. The Balaban J connectivity index is 2.11. The molecule has 0 radical (unpaired) electrons. The summed E-state index contributed by atoms with van der Waals surface area (Å²) in [5.74, 6) is -7.92. The number of carbonyl (C=O) groups excluding carboxylic acids is 2. The third-order valence-electron chi connectivity index (χ3n) is 6.27. The monoisotopic (exact) mass is 487 g/mol. The molecule has 7 nitrogen and oxygen atoms in total. The fraction of sp³-hybridized carbons (Fsp3) is 0.409. The first-order chi connectivity index (χ1) is 15.7. The quantitative estimate of drug-likeness (QED) is 0.624. The van der Waals surface area contributed by atoms with Gasteiger partial charge in [-0.3, -0.25) is 14.6 Å². The second-order valence-electron chi connectivity index (χ2n) is 8.13. The predicted octanol–water partition coefficient (Wildman–Crippen LogP) is 3.85. The number of nitrogens with one attached hydrogen (secondary N) is 1. The van der Waals surface area contributed by atoms with E-state index in [1.807, 2.05) is 0 Å². The second kappa shape index (κ2) is 8.82. The molecule has 1 saturated heterocycles. The summed E-state index contributed by atoms with van der Waals surface area (Å²) in [6.45, 7) is 3.43. The first kappa shape index (κ1) is 25.3. The number of halogens is 5. The number of carbonyl (C=O) groups is 2. The van der Waals surface area contributed by atoms with Crippen molar-refractivity contribution in [1.82, 2.24) is 4.98 Å². The van der Waals surface area contributed by atoms with E-state index < -0.39 is 58.9 Å². The topological polar surface area (TPSA) is 104 Å². The van der Waals surface area contributed by atoms with E-state index in [1.165, 1.54) is 26.1 Å². The number of methoxy groups -OCH3 is 1. The largest absolute Gasteiger partial charge is 0.493 e. The van der Waals surface area contributed by atoms with E-state index in [-0.39, 0.29) is 22.5 Å². The maximum Gasteiger partial charge on any atom is 0.417 e. The van der Waals surface area contributed by atoms with Crippen molar-refractivity contribution in [2.45, 2.75) is 44.6 Å². The number of alkyl halides is 3. The van der Waals surface area contributed by atoms with E-state index in [0.717, 1.165) is 26.2 Å². The van der Waals surface area contributed by atoms with E-state index in [4.69, 9.17) is 15.2 Å². The Morgan fingerprint density at radius 3 is 2.44 bits per heavy atom. The molecule has 4 atom stereocenters. The van der Waals surface area contributed by atoms with E-state index >= 15 is 0 Å². The van der Waals surface area contributed by atoms with Gasteiger partial charge in [-0.2, -0.15) is 17.6 Å². The van der Waals surface area contributed by atoms with Crippen LogP contribution in [0.1, 0.15) is 41.4 Å². The molecule has 1 aliphatic rings. The fourth-order valence-corrected chi connectivity index (χ4v) is 4.16. The zero-order chi connectivity index (χ0) is 25.6. The highest BCUT2D eigenvalue weighted by Gasteiger charge is 2.65. The van der Waals surface area contributed by atoms with Crippen LogP contribution < -0.4 is 15.8 Å². The summed E-state index contributed by atoms with van der Waals surface area (Å²) >= 11 is 0. The molecule has 0 spiro atoms. The number of ether oxygens (including phenoxy) is 2. The van der Waals surface area contributed by atoms with Crippen LogP contribution in [0.3, 0.4) is 0 Å². The zero-order valence-electron chi connectivity index (χ0n) is 18.6. The Hall–Kier alpha value is -3.28. The first-order valence-corrected chi connectivity index (χ1v) is 10.1. The van der Waals surface area contributed by atoms with Gasteiger partial charge in [-0.15, -0.1) is 0 Å². The Labute approximate surface area is 191 Å². The van der Waals surface area contributed by atoms with Gasteiger partial charge in [0.2, 0.25) is 5.82 Å². The molecule has 184 valence electrons. The number of primary amides is 1. The molecule has 1 aromatic carbocycles. The summed E-state index contributed by atoms with van der Waals surface area (Å²) in [7, 11) is 1.03. The normalized spacial score (nSPS) is 24.7. The highest BCUT2D eigenvalue weighted by atomic mass is 19.4. The van der Waals surface area contributed by atoms with Gasteiger partial charge in [-0.05, 0) is 26.0 Å². The molecule has 0 saturated carbocycles. The van der Waals surface area contributed by atoms with Crippen molar-refractivity contribution < 1.29 is 41.0 Å². The average Bonchev–Trinajstić information content (AvgIpc) is 3.03. The summed E-state index contributed by atoms with van der Waals surface area (Å²) in [5.41, 5.74) is 2.42. The van der Waals surface area contributed by atoms with Crippen LogP contribution >= 0.6 is 0 Å². The van der Waals surface area contributed by atoms with E-state index in [0.29, 0.717) is 0 Å². The molecule has 2 aromatic rings. The molecule has 0 bridgehead atoms. The molecule has 0 unspecified atom stereocenters. The van der Waals surface area contributed by atoms with Gasteiger partial charge < -0.3 is 20.5 Å². The number of hydrogen-bond acceptors (Lipinski definition) is 5. The van der Waals surface area contributed by atoms with Crippen LogP contribution in [-0.2, 0) is 9.53 Å². The van der Waals surface area contributed by atoms with Gasteiger partial charge >= 0.3 is 6.18 Å². The molecule has 3 rings (SSSR count). The minimum absolute atomic E-state index is 0.0710. The van der Waals surface area contributed by atoms with Gasteiger partial charge in [-0.1, -0.05) is 13.0 Å². The summed E-state index contributed by atoms with van der Waals surface area (Å²) in [6, 6.07) is 3.13. The van der Waals surface area contributed by atoms with Crippen molar-refractivity contribution in [3.05, 3.63) is 52.9 Å². The average molecular weight is 487 g/mol. The Morgan fingerprint density at radius 2 is 1.88 bits per heavy atom. The van der Waals surface area contributed by atoms with Gasteiger partial charge in [-0.25, -0.2) is 4.39 Å². The van der Waals surface area contributed by atoms with Crippen LogP contribution in [0.25, 0.3) is 0 Å². The molecule has 2 amide bonds. The highest BCUT2D eigenvalue weighted by molar-refractivity contribution is 5.99. The van der Waals surface area contributed by atoms with E-state index in [9.17, 15) is 31.5 Å². The SMILES string of the molecule is COc1c([C@H]2[C@@H](C(=O)Nc3ccnc(C(N)=O)c3C)O[C@@](C)(C(F)(F)F)[C@H]2C)ccc(F)c1F. The minimum Gasteiger partial charge on any atom is -0.493 e. The van der Waals surface area contributed by atoms with Gasteiger partial charge in [0.05, 0.1) is 7.11 Å². The molecule has 1 aliphatic heterocycles. The third-order valence-corrected chi connectivity index (χ3v) is 6.27. The molecule has 0 aliphatic carbocycles. The predicted molar refractivity (Wildman–Crippen MR) is 110 cm³/mol. The van der Waals surface area contributed by atoms with Crippen molar-refractivity contribution in [3.8, 4) is 5.75 Å². The van der Waals surface area contributed by atoms with E-state index in [2.05, 4.69) is 10.3 Å². The lowest BCUT2D eigenvalue weighted by Gasteiger charge is -2.32. The maximum absolute atomic E-state index is 14.4. The van der Waals surface area contributed by atoms with Crippen molar-refractivity contribution in [2.75, 3.05) is 12.4 Å². The number of rotatable bonds is 5. The Morgan fingerprint density at radius 1 is 1.24 bits per heavy atom. The summed E-state index contributed by atoms with van der Waals surface area (Å²) in [4.78, 5) is 28.5. The van der Waals surface area contributed by atoms with Crippen LogP contribution in [0.5, 0.6) is 5.75 Å². The lowest BCUT2D eigenvalue weighted by molar-refractivity contribution is -0.272. The molecule has 1 fully saturated rings. The number of nitrogens with two attached hydrogens (primary N) is 1. The molecule has 2 heterocycles. The van der Waals surface area contributed by atoms with Gasteiger partial charge in [0.1, 0.15) is 11.8 Å². The van der Waals surface area contributed by atoms with Crippen molar-refractivity contribution in [3.63, 3.8) is 0 Å². The van der Waals surface area contributed by atoms with Crippen LogP contribution in [0.15, 0.2) is 24.4 Å². The molecular weight excluding hydrogens is 465 g/mol. The summed E-state index contributed by atoms with van der Waals surface area (Å²) < 4.78 is 80.4. The Kier molecular flexibility index (Phi) is 6.57. The maximum atomic E-state index is 14.4. The van der Waals surface area contributed by atoms with Crippen LogP contribution in [0.2, 0.25) is 0 Å². The number of benzene rings is 1. The number of hydrogen-bond donors (Lipinski definition) is 2. The van der Waals surface area contributed by atoms with Crippen LogP contribution in [0.4, 0.5) is 27.6 Å². The minimum atomic E-state index is -4.89. The smallest absolute Gasteiger partial charge is 0.417 e. The highest BCUT2D eigenvalue weighted by Crippen LogP contribution is 2.55. The fourth-order valence-electron chi connectivity index (χ4n) is 4.16. The van der Waals surface area contributed by atoms with E-state index in [1.54, 1.807) is 0 Å². The van der Waals surface area contributed by atoms with Crippen LogP contribution in [-0.4, -0.2) is 41.8 Å². The summed E-state index contributed by atoms with van der Waals surface area (Å²) in [5, 5.41) is 2.43. The van der Waals surface area contributed by atoms with Crippen LogP contribution in [0, 0.1) is 24.5 Å². The number of amides is 2. The number of aromatic nitrogens is 1. The summed E-state index contributed by atoms with van der Waals surface area (Å²) in [6.07, 6.45) is -5.47. The number of nitrogens with zero attached hydrogens (tertiary/aromatic N) is 1. The molecule has 1 aromatic heterocycles. The Bertz CT molecular complexity index is 1140. The molecular formula is C22H22F5N3O4. The third kappa shape index (κ3) is 4.06. The van der Waals surface area contributed by atoms with Crippen molar-refractivity contribution >= 4 is 17.5 Å². The zero-order valence-corrected chi connectivity index (χ0v) is 18.6.